The van der Waals surface area contributed by atoms with Gasteiger partial charge in [-0.15, -0.1) is 11.3 Å². The number of rotatable bonds is 4. The summed E-state index contributed by atoms with van der Waals surface area (Å²) in [4.78, 5) is 9.97. The van der Waals surface area contributed by atoms with Gasteiger partial charge in [0.2, 0.25) is 0 Å². The molecule has 0 unspecified atom stereocenters. The molecule has 0 spiro atoms. The average molecular weight is 342 g/mol. The van der Waals surface area contributed by atoms with Crippen molar-refractivity contribution in [1.29, 1.82) is 0 Å². The van der Waals surface area contributed by atoms with Crippen molar-refractivity contribution in [3.8, 4) is 5.95 Å². The van der Waals surface area contributed by atoms with Crippen LogP contribution in [-0.2, 0) is 6.54 Å². The van der Waals surface area contributed by atoms with E-state index in [-0.39, 0.29) is 0 Å². The lowest BCUT2D eigenvalue weighted by Crippen LogP contribution is -2.07. The number of fused-ring (bicyclic) bond motifs is 1. The average Bonchev–Trinajstić information content (AvgIpc) is 3.21. The number of aromatic nitrogens is 4. The van der Waals surface area contributed by atoms with Crippen LogP contribution in [0, 0.1) is 0 Å². The maximum absolute atomic E-state index is 6.15. The summed E-state index contributed by atoms with van der Waals surface area (Å²) < 4.78 is 2.33. The summed E-state index contributed by atoms with van der Waals surface area (Å²) in [5.74, 6) is 1.28. The van der Waals surface area contributed by atoms with E-state index in [0.29, 0.717) is 16.8 Å². The fourth-order valence-corrected chi connectivity index (χ4v) is 3.37. The fourth-order valence-electron chi connectivity index (χ4n) is 2.29. The summed E-state index contributed by atoms with van der Waals surface area (Å²) >= 11 is 7.58. The lowest BCUT2D eigenvalue weighted by atomic mass is 10.2. The number of thiophene rings is 1. The van der Waals surface area contributed by atoms with Gasteiger partial charge < -0.3 is 5.32 Å². The Balaban J connectivity index is 1.74. The van der Waals surface area contributed by atoms with Gasteiger partial charge in [-0.1, -0.05) is 41.9 Å². The molecule has 4 aromatic rings. The Labute approximate surface area is 141 Å². The highest BCUT2D eigenvalue weighted by atomic mass is 35.5. The van der Waals surface area contributed by atoms with E-state index in [4.69, 9.17) is 11.6 Å². The number of hydrogen-bond donors (Lipinski definition) is 1. The molecule has 0 aliphatic heterocycles. The van der Waals surface area contributed by atoms with E-state index in [1.54, 1.807) is 10.9 Å². The van der Waals surface area contributed by atoms with Gasteiger partial charge >= 0.3 is 0 Å². The summed E-state index contributed by atoms with van der Waals surface area (Å²) in [5, 5.41) is 8.49. The Morgan fingerprint density at radius 1 is 1.13 bits per heavy atom. The first-order valence-electron chi connectivity index (χ1n) is 7.04. The van der Waals surface area contributed by atoms with Gasteiger partial charge in [0.25, 0.3) is 5.95 Å². The van der Waals surface area contributed by atoms with Crippen molar-refractivity contribution in [3.05, 3.63) is 64.8 Å². The van der Waals surface area contributed by atoms with Crippen LogP contribution in [-0.4, -0.2) is 19.7 Å². The van der Waals surface area contributed by atoms with Crippen LogP contribution in [0.3, 0.4) is 0 Å². The molecule has 0 amide bonds. The molecule has 0 aliphatic rings. The summed E-state index contributed by atoms with van der Waals surface area (Å²) in [6.45, 7) is 0.680. The first-order valence-corrected chi connectivity index (χ1v) is 8.24. The number of halogens is 1. The molecule has 0 saturated carbocycles. The van der Waals surface area contributed by atoms with Crippen LogP contribution in [0.1, 0.15) is 5.56 Å². The molecule has 1 aromatic carbocycles. The van der Waals surface area contributed by atoms with Crippen molar-refractivity contribution >= 4 is 39.0 Å². The monoisotopic (exact) mass is 341 g/mol. The molecule has 0 atom stereocenters. The van der Waals surface area contributed by atoms with E-state index in [2.05, 4.69) is 32.5 Å². The highest BCUT2D eigenvalue weighted by molar-refractivity contribution is 7.22. The number of benzene rings is 1. The molecule has 7 heteroatoms. The summed E-state index contributed by atoms with van der Waals surface area (Å²) in [6.07, 6.45) is 3.52. The molecule has 0 saturated heterocycles. The quantitative estimate of drug-likeness (QED) is 0.606. The van der Waals surface area contributed by atoms with Gasteiger partial charge in [-0.05, 0) is 17.7 Å². The molecular formula is C16H12ClN5S. The zero-order valence-electron chi connectivity index (χ0n) is 12.0. The number of nitrogens with one attached hydrogen (secondary N) is 1. The first kappa shape index (κ1) is 14.2. The van der Waals surface area contributed by atoms with Crippen molar-refractivity contribution in [2.24, 2.45) is 0 Å². The molecular weight excluding hydrogens is 330 g/mol. The second-order valence-corrected chi connectivity index (χ2v) is 6.59. The van der Waals surface area contributed by atoms with Crippen molar-refractivity contribution < 1.29 is 0 Å². The Hall–Kier alpha value is -2.44. The second kappa shape index (κ2) is 5.98. The summed E-state index contributed by atoms with van der Waals surface area (Å²) in [5.41, 5.74) is 1.18. The fraction of sp³-hybridized carbons (Fsp3) is 0.0625. The van der Waals surface area contributed by atoms with Gasteiger partial charge in [0.05, 0.1) is 9.72 Å². The van der Waals surface area contributed by atoms with Crippen LogP contribution in [0.25, 0.3) is 16.2 Å². The van der Waals surface area contributed by atoms with Crippen LogP contribution in [0.4, 0.5) is 5.82 Å². The number of nitrogens with zero attached hydrogens (tertiary/aromatic N) is 4. The van der Waals surface area contributed by atoms with Crippen LogP contribution >= 0.6 is 22.9 Å². The lowest BCUT2D eigenvalue weighted by Gasteiger charge is -2.09. The van der Waals surface area contributed by atoms with Crippen LogP contribution in [0.2, 0.25) is 4.34 Å². The van der Waals surface area contributed by atoms with Crippen LogP contribution < -0.4 is 5.32 Å². The third-order valence-corrected chi connectivity index (χ3v) is 4.52. The van der Waals surface area contributed by atoms with Crippen molar-refractivity contribution in [1.82, 2.24) is 19.7 Å². The second-order valence-electron chi connectivity index (χ2n) is 4.93. The first-order chi connectivity index (χ1) is 11.3. The minimum Gasteiger partial charge on any atom is -0.365 e. The van der Waals surface area contributed by atoms with E-state index in [1.165, 1.54) is 16.9 Å². The smallest absolute Gasteiger partial charge is 0.253 e. The molecule has 1 N–H and O–H groups in total. The van der Waals surface area contributed by atoms with E-state index in [1.807, 2.05) is 36.5 Å². The third kappa shape index (κ3) is 2.91. The molecule has 4 rings (SSSR count). The maximum atomic E-state index is 6.15. The Morgan fingerprint density at radius 3 is 2.78 bits per heavy atom. The zero-order chi connectivity index (χ0) is 15.6. The molecule has 0 radical (unpaired) electrons. The highest BCUT2D eigenvalue weighted by Gasteiger charge is 2.12. The topological polar surface area (TPSA) is 55.6 Å². The maximum Gasteiger partial charge on any atom is 0.253 e. The molecule has 0 fully saturated rings. The SMILES string of the molecule is Clc1cc2c(NCc3ccccc3)nc(-n3cccn3)nc2s1. The molecule has 0 aliphatic carbocycles. The molecule has 23 heavy (non-hydrogen) atoms. The van der Waals surface area contributed by atoms with E-state index in [0.717, 1.165) is 16.0 Å². The van der Waals surface area contributed by atoms with Crippen molar-refractivity contribution in [2.75, 3.05) is 5.32 Å². The summed E-state index contributed by atoms with van der Waals surface area (Å²) in [7, 11) is 0. The third-order valence-electron chi connectivity index (χ3n) is 3.36. The summed E-state index contributed by atoms with van der Waals surface area (Å²) in [6, 6.07) is 13.9. The van der Waals surface area contributed by atoms with Crippen molar-refractivity contribution in [3.63, 3.8) is 0 Å². The lowest BCUT2D eigenvalue weighted by molar-refractivity contribution is 0.816. The van der Waals surface area contributed by atoms with Crippen molar-refractivity contribution in [2.45, 2.75) is 6.54 Å². The Kier molecular flexibility index (Phi) is 3.69. The molecule has 0 bridgehead atoms. The molecule has 3 aromatic heterocycles. The normalized spacial score (nSPS) is 11.0. The predicted octanol–water partition coefficient (Wildman–Crippen LogP) is 4.14. The minimum absolute atomic E-state index is 0.525. The molecule has 5 nitrogen and oxygen atoms in total. The number of anilines is 1. The van der Waals surface area contributed by atoms with Crippen LogP contribution in [0.5, 0.6) is 0 Å². The molecule has 3 heterocycles. The minimum atomic E-state index is 0.525. The highest BCUT2D eigenvalue weighted by Crippen LogP contribution is 2.32. The Morgan fingerprint density at radius 2 is 2.00 bits per heavy atom. The van der Waals surface area contributed by atoms with Gasteiger partial charge in [0.15, 0.2) is 0 Å². The van der Waals surface area contributed by atoms with E-state index >= 15 is 0 Å². The van der Waals surface area contributed by atoms with Gasteiger partial charge in [-0.3, -0.25) is 0 Å². The van der Waals surface area contributed by atoms with Gasteiger partial charge in [-0.25, -0.2) is 4.68 Å². The predicted molar refractivity (Wildman–Crippen MR) is 93.3 cm³/mol. The van der Waals surface area contributed by atoms with Gasteiger partial charge in [0, 0.05) is 18.9 Å². The van der Waals surface area contributed by atoms with Crippen LogP contribution in [0.15, 0.2) is 54.9 Å². The van der Waals surface area contributed by atoms with Gasteiger partial charge in [-0.2, -0.15) is 15.1 Å². The number of hydrogen-bond acceptors (Lipinski definition) is 5. The standard InChI is InChI=1S/C16H12ClN5S/c17-13-9-12-14(18-10-11-5-2-1-3-6-11)20-16(21-15(12)23-13)22-8-4-7-19-22/h1-9H,10H2,(H,18,20,21). The van der Waals surface area contributed by atoms with Gasteiger partial charge in [0.1, 0.15) is 10.6 Å². The largest absolute Gasteiger partial charge is 0.365 e. The zero-order valence-corrected chi connectivity index (χ0v) is 13.6. The van der Waals surface area contributed by atoms with E-state index in [9.17, 15) is 0 Å². The molecule has 114 valence electrons. The Bertz CT molecular complexity index is 934. The van der Waals surface area contributed by atoms with E-state index < -0.39 is 0 Å².